The minimum absolute atomic E-state index is 0.141. The third kappa shape index (κ3) is 6.02. The molecule has 0 aliphatic rings. The van der Waals surface area contributed by atoms with Gasteiger partial charge in [0.25, 0.3) is 0 Å². The fourth-order valence-corrected chi connectivity index (χ4v) is 3.19. The van der Waals surface area contributed by atoms with Crippen LogP contribution in [0.3, 0.4) is 0 Å². The van der Waals surface area contributed by atoms with Crippen LogP contribution >= 0.6 is 0 Å². The van der Waals surface area contributed by atoms with Crippen molar-refractivity contribution < 1.29 is 28.9 Å². The zero-order valence-corrected chi connectivity index (χ0v) is 18.8. The van der Waals surface area contributed by atoms with Crippen molar-refractivity contribution >= 4 is 23.0 Å². The zero-order valence-electron chi connectivity index (χ0n) is 18.8. The van der Waals surface area contributed by atoms with Crippen LogP contribution < -0.4 is 9.47 Å². The molecule has 4 aromatic rings. The number of hydrogen-bond acceptors (Lipinski definition) is 8. The van der Waals surface area contributed by atoms with Crippen molar-refractivity contribution in [2.24, 2.45) is 0 Å². The van der Waals surface area contributed by atoms with E-state index in [1.807, 2.05) is 0 Å². The van der Waals surface area contributed by atoms with E-state index in [2.05, 4.69) is 16.8 Å². The number of esters is 2. The van der Waals surface area contributed by atoms with Crippen LogP contribution in [0, 0.1) is 0 Å². The smallest absolute Gasteiger partial charge is 0.343 e. The summed E-state index contributed by atoms with van der Waals surface area (Å²) in [5.74, 6) is -0.275. The largest absolute Gasteiger partial charge is 0.505 e. The maximum absolute atomic E-state index is 12.2. The Kier molecular flexibility index (Phi) is 7.37. The molecule has 9 heteroatoms. The number of hydrogen-bond donors (Lipinski definition) is 1. The van der Waals surface area contributed by atoms with E-state index >= 15 is 0 Å². The molecule has 0 atom stereocenters. The first-order valence-corrected chi connectivity index (χ1v) is 10.9. The van der Waals surface area contributed by atoms with Gasteiger partial charge in [-0.05, 0) is 49.2 Å². The van der Waals surface area contributed by atoms with E-state index in [-0.39, 0.29) is 11.5 Å². The van der Waals surface area contributed by atoms with Crippen LogP contribution in [0.25, 0.3) is 16.7 Å². The number of phenols is 1. The first kappa shape index (κ1) is 23.5. The second-order valence-electron chi connectivity index (χ2n) is 7.47. The average Bonchev–Trinajstić information content (AvgIpc) is 3.29. The first-order chi connectivity index (χ1) is 17.0. The van der Waals surface area contributed by atoms with Gasteiger partial charge in [-0.15, -0.1) is 15.0 Å². The van der Waals surface area contributed by atoms with Crippen LogP contribution in [0.15, 0.2) is 79.4 Å². The van der Waals surface area contributed by atoms with E-state index in [1.54, 1.807) is 60.7 Å². The topological polar surface area (TPSA) is 113 Å². The summed E-state index contributed by atoms with van der Waals surface area (Å²) in [6.45, 7) is 4.12. The van der Waals surface area contributed by atoms with Gasteiger partial charge in [-0.25, -0.2) is 9.59 Å². The quantitative estimate of drug-likeness (QED) is 0.158. The normalized spacial score (nSPS) is 10.6. The number of fused-ring (bicyclic) bond motifs is 1. The van der Waals surface area contributed by atoms with E-state index in [9.17, 15) is 14.7 Å². The monoisotopic (exact) mass is 473 g/mol. The van der Waals surface area contributed by atoms with Crippen LogP contribution in [0.1, 0.15) is 23.2 Å². The van der Waals surface area contributed by atoms with Gasteiger partial charge in [0, 0.05) is 18.2 Å². The van der Waals surface area contributed by atoms with Crippen LogP contribution in [0.4, 0.5) is 0 Å². The highest BCUT2D eigenvalue weighted by molar-refractivity contribution is 5.91. The maximum atomic E-state index is 12.2. The summed E-state index contributed by atoms with van der Waals surface area (Å²) in [7, 11) is 0. The van der Waals surface area contributed by atoms with E-state index in [0.29, 0.717) is 54.1 Å². The minimum Gasteiger partial charge on any atom is -0.505 e. The minimum atomic E-state index is -0.522. The third-order valence-corrected chi connectivity index (χ3v) is 4.95. The number of carbonyl (C=O) groups is 2. The number of benzene rings is 3. The maximum Gasteiger partial charge on any atom is 0.343 e. The van der Waals surface area contributed by atoms with E-state index in [0.717, 1.165) is 6.08 Å². The van der Waals surface area contributed by atoms with Gasteiger partial charge in [-0.1, -0.05) is 24.8 Å². The molecule has 0 fully saturated rings. The Labute approximate surface area is 201 Å². The molecule has 0 aliphatic carbocycles. The van der Waals surface area contributed by atoms with Crippen LogP contribution in [-0.4, -0.2) is 45.3 Å². The lowest BCUT2D eigenvalue weighted by Gasteiger charge is -2.07. The molecule has 9 nitrogen and oxygen atoms in total. The molecule has 4 rings (SSSR count). The predicted molar refractivity (Wildman–Crippen MR) is 128 cm³/mol. The SMILES string of the molecule is C=CC(=O)OCCCCOc1ccc2nn(-c3ccc(OC(=O)c4ccccc4)cc3O)nc2c1. The van der Waals surface area contributed by atoms with Crippen molar-refractivity contribution in [1.82, 2.24) is 15.0 Å². The summed E-state index contributed by atoms with van der Waals surface area (Å²) in [5, 5.41) is 19.3. The average molecular weight is 473 g/mol. The second-order valence-corrected chi connectivity index (χ2v) is 7.47. The standard InChI is InChI=1S/C26H23N3O6/c1-2-25(31)34-15-7-6-14-33-19-10-12-21-22(16-19)28-29(27-21)23-13-11-20(17-24(23)30)35-26(32)18-8-4-3-5-9-18/h2-5,8-13,16-17,30H,1,6-7,14-15H2. The van der Waals surface area contributed by atoms with Crippen molar-refractivity contribution in [1.29, 1.82) is 0 Å². The highest BCUT2D eigenvalue weighted by Gasteiger charge is 2.13. The molecule has 0 bridgehead atoms. The molecule has 0 amide bonds. The zero-order chi connectivity index (χ0) is 24.6. The number of ether oxygens (including phenoxy) is 3. The molecule has 0 saturated heterocycles. The summed E-state index contributed by atoms with van der Waals surface area (Å²) in [5.41, 5.74) is 1.94. The Morgan fingerprint density at radius 1 is 0.914 bits per heavy atom. The summed E-state index contributed by atoms with van der Waals surface area (Å²) >= 11 is 0. The third-order valence-electron chi connectivity index (χ3n) is 4.95. The number of phenolic OH excluding ortho intramolecular Hbond substituents is 1. The summed E-state index contributed by atoms with van der Waals surface area (Å²) in [6, 6.07) is 18.4. The fourth-order valence-electron chi connectivity index (χ4n) is 3.19. The number of aromatic nitrogens is 3. The first-order valence-electron chi connectivity index (χ1n) is 10.9. The molecular formula is C26H23N3O6. The fraction of sp³-hybridized carbons (Fsp3) is 0.154. The van der Waals surface area contributed by atoms with Crippen molar-refractivity contribution in [3.05, 3.63) is 84.9 Å². The van der Waals surface area contributed by atoms with Gasteiger partial charge in [0.2, 0.25) is 0 Å². The number of rotatable bonds is 10. The van der Waals surface area contributed by atoms with E-state index < -0.39 is 11.9 Å². The van der Waals surface area contributed by atoms with Crippen LogP contribution in [0.2, 0.25) is 0 Å². The number of unbranched alkanes of at least 4 members (excludes halogenated alkanes) is 1. The molecule has 0 aliphatic heterocycles. The van der Waals surface area contributed by atoms with Crippen LogP contribution in [-0.2, 0) is 9.53 Å². The van der Waals surface area contributed by atoms with Gasteiger partial charge < -0.3 is 19.3 Å². The van der Waals surface area contributed by atoms with Crippen LogP contribution in [0.5, 0.6) is 17.2 Å². The molecule has 0 spiro atoms. The lowest BCUT2D eigenvalue weighted by Crippen LogP contribution is -2.08. The highest BCUT2D eigenvalue weighted by atomic mass is 16.5. The predicted octanol–water partition coefficient (Wildman–Crippen LogP) is 4.23. The van der Waals surface area contributed by atoms with Gasteiger partial charge in [0.05, 0.1) is 18.8 Å². The molecule has 35 heavy (non-hydrogen) atoms. The number of nitrogens with zero attached hydrogens (tertiary/aromatic N) is 3. The lowest BCUT2D eigenvalue weighted by atomic mass is 10.2. The molecule has 1 heterocycles. The Balaban J connectivity index is 1.38. The lowest BCUT2D eigenvalue weighted by molar-refractivity contribution is -0.137. The second kappa shape index (κ2) is 11.0. The van der Waals surface area contributed by atoms with Gasteiger partial charge in [-0.3, -0.25) is 0 Å². The Morgan fingerprint density at radius 2 is 1.66 bits per heavy atom. The van der Waals surface area contributed by atoms with Crippen molar-refractivity contribution in [2.45, 2.75) is 12.8 Å². The molecule has 178 valence electrons. The van der Waals surface area contributed by atoms with E-state index in [1.165, 1.54) is 10.9 Å². The summed E-state index contributed by atoms with van der Waals surface area (Å²) in [4.78, 5) is 24.5. The highest BCUT2D eigenvalue weighted by Crippen LogP contribution is 2.28. The molecule has 1 N–H and O–H groups in total. The van der Waals surface area contributed by atoms with Crippen molar-refractivity contribution in [2.75, 3.05) is 13.2 Å². The van der Waals surface area contributed by atoms with Gasteiger partial charge >= 0.3 is 11.9 Å². The van der Waals surface area contributed by atoms with Crippen molar-refractivity contribution in [3.8, 4) is 22.9 Å². The molecule has 0 radical (unpaired) electrons. The molecule has 0 saturated carbocycles. The summed E-state index contributed by atoms with van der Waals surface area (Å²) in [6.07, 6.45) is 2.52. The molecular weight excluding hydrogens is 450 g/mol. The molecule has 1 aromatic heterocycles. The number of aromatic hydroxyl groups is 1. The Bertz CT molecular complexity index is 1350. The van der Waals surface area contributed by atoms with Gasteiger partial charge in [-0.2, -0.15) is 0 Å². The van der Waals surface area contributed by atoms with E-state index in [4.69, 9.17) is 14.2 Å². The Morgan fingerprint density at radius 3 is 2.43 bits per heavy atom. The number of carbonyl (C=O) groups excluding carboxylic acids is 2. The molecule has 3 aromatic carbocycles. The van der Waals surface area contributed by atoms with Crippen molar-refractivity contribution in [3.63, 3.8) is 0 Å². The van der Waals surface area contributed by atoms with Gasteiger partial charge in [0.1, 0.15) is 34.0 Å². The summed E-state index contributed by atoms with van der Waals surface area (Å²) < 4.78 is 16.0. The molecule has 0 unspecified atom stereocenters. The Hall–Kier alpha value is -4.66. The van der Waals surface area contributed by atoms with Gasteiger partial charge in [0.15, 0.2) is 0 Å².